The minimum atomic E-state index is -3.89. The molecule has 0 aliphatic heterocycles. The van der Waals surface area contributed by atoms with Gasteiger partial charge < -0.3 is 5.32 Å². The van der Waals surface area contributed by atoms with Crippen molar-refractivity contribution in [2.75, 3.05) is 33.5 Å². The minimum absolute atomic E-state index is 0.0145. The summed E-state index contributed by atoms with van der Waals surface area (Å²) >= 11 is 0. The van der Waals surface area contributed by atoms with Crippen LogP contribution in [0.1, 0.15) is 6.92 Å². The quantitative estimate of drug-likeness (QED) is 0.705. The molecule has 0 heterocycles. The molecule has 0 spiro atoms. The van der Waals surface area contributed by atoms with Gasteiger partial charge in [-0.15, -0.1) is 0 Å². The van der Waals surface area contributed by atoms with Gasteiger partial charge in [-0.25, -0.2) is 21.2 Å². The van der Waals surface area contributed by atoms with E-state index in [2.05, 4.69) is 5.32 Å². The van der Waals surface area contributed by atoms with Crippen LogP contribution in [0.2, 0.25) is 0 Å². The standard InChI is InChI=1S/C18H22FN3O5S2/c1-13(22(29(4,26)27)17-10-5-7-14(19)11-17)18(23)20-15-8-6-9-16(12-15)21(2)28(3,24)25/h5-13H,1-4H3,(H,20,23). The van der Waals surface area contributed by atoms with Gasteiger partial charge >= 0.3 is 0 Å². The monoisotopic (exact) mass is 443 g/mol. The molecule has 1 amide bonds. The molecule has 2 aromatic carbocycles. The Kier molecular flexibility index (Phi) is 6.53. The summed E-state index contributed by atoms with van der Waals surface area (Å²) in [6.45, 7) is 1.37. The molecule has 0 bridgehead atoms. The normalized spacial score (nSPS) is 12.9. The van der Waals surface area contributed by atoms with Crippen molar-refractivity contribution in [2.24, 2.45) is 0 Å². The molecule has 1 N–H and O–H groups in total. The third kappa shape index (κ3) is 5.67. The van der Waals surface area contributed by atoms with Crippen molar-refractivity contribution in [2.45, 2.75) is 13.0 Å². The van der Waals surface area contributed by atoms with E-state index in [0.717, 1.165) is 27.2 Å². The summed E-state index contributed by atoms with van der Waals surface area (Å²) in [6.07, 6.45) is 1.96. The van der Waals surface area contributed by atoms with E-state index in [-0.39, 0.29) is 11.4 Å². The van der Waals surface area contributed by atoms with E-state index in [1.807, 2.05) is 0 Å². The first-order valence-electron chi connectivity index (χ1n) is 8.40. The van der Waals surface area contributed by atoms with Crippen molar-refractivity contribution in [1.82, 2.24) is 0 Å². The predicted molar refractivity (Wildman–Crippen MR) is 112 cm³/mol. The molecule has 0 radical (unpaired) electrons. The number of sulfonamides is 2. The number of hydrogen-bond acceptors (Lipinski definition) is 5. The van der Waals surface area contributed by atoms with Gasteiger partial charge in [0.05, 0.1) is 23.9 Å². The van der Waals surface area contributed by atoms with Gasteiger partial charge in [0.2, 0.25) is 26.0 Å². The lowest BCUT2D eigenvalue weighted by molar-refractivity contribution is -0.116. The molecule has 0 aliphatic carbocycles. The van der Waals surface area contributed by atoms with E-state index in [0.29, 0.717) is 5.69 Å². The summed E-state index contributed by atoms with van der Waals surface area (Å²) in [5.41, 5.74) is 0.617. The first kappa shape index (κ1) is 22.6. The van der Waals surface area contributed by atoms with Crippen LogP contribution in [-0.4, -0.2) is 48.3 Å². The number of amides is 1. The zero-order chi connectivity index (χ0) is 22.0. The van der Waals surface area contributed by atoms with E-state index in [1.54, 1.807) is 12.1 Å². The third-order valence-electron chi connectivity index (χ3n) is 4.13. The molecule has 158 valence electrons. The van der Waals surface area contributed by atoms with Crippen molar-refractivity contribution in [3.8, 4) is 0 Å². The number of benzene rings is 2. The maximum atomic E-state index is 13.6. The second-order valence-electron chi connectivity index (χ2n) is 6.48. The molecule has 1 atom stereocenters. The molecular formula is C18H22FN3O5S2. The van der Waals surface area contributed by atoms with Gasteiger partial charge in [-0.1, -0.05) is 12.1 Å². The van der Waals surface area contributed by atoms with Gasteiger partial charge in [0.1, 0.15) is 11.9 Å². The fourth-order valence-corrected chi connectivity index (χ4v) is 4.30. The molecule has 1 unspecified atom stereocenters. The van der Waals surface area contributed by atoms with Crippen LogP contribution >= 0.6 is 0 Å². The van der Waals surface area contributed by atoms with Crippen LogP contribution in [-0.2, 0) is 24.8 Å². The number of nitrogens with zero attached hydrogens (tertiary/aromatic N) is 2. The van der Waals surface area contributed by atoms with Crippen molar-refractivity contribution in [3.05, 3.63) is 54.3 Å². The third-order valence-corrected chi connectivity index (χ3v) is 6.57. The molecule has 11 heteroatoms. The van der Waals surface area contributed by atoms with Gasteiger partial charge in [0, 0.05) is 12.7 Å². The van der Waals surface area contributed by atoms with E-state index in [9.17, 15) is 26.0 Å². The number of halogens is 1. The Hall–Kier alpha value is -2.66. The van der Waals surface area contributed by atoms with Crippen molar-refractivity contribution >= 4 is 43.0 Å². The number of anilines is 3. The lowest BCUT2D eigenvalue weighted by Crippen LogP contribution is -2.45. The highest BCUT2D eigenvalue weighted by Gasteiger charge is 2.29. The molecule has 8 nitrogen and oxygen atoms in total. The number of hydrogen-bond donors (Lipinski definition) is 1. The smallest absolute Gasteiger partial charge is 0.247 e. The Morgan fingerprint density at radius 1 is 0.966 bits per heavy atom. The van der Waals surface area contributed by atoms with Crippen LogP contribution < -0.4 is 13.9 Å². The summed E-state index contributed by atoms with van der Waals surface area (Å²) < 4.78 is 63.3. The molecule has 2 rings (SSSR count). The average Bonchev–Trinajstić information content (AvgIpc) is 2.59. The Morgan fingerprint density at radius 3 is 2.10 bits per heavy atom. The van der Waals surface area contributed by atoms with Crippen LogP contribution in [0.3, 0.4) is 0 Å². The Labute approximate surface area is 170 Å². The van der Waals surface area contributed by atoms with Crippen molar-refractivity contribution in [1.29, 1.82) is 0 Å². The minimum Gasteiger partial charge on any atom is -0.324 e. The Balaban J connectivity index is 2.31. The van der Waals surface area contributed by atoms with Crippen molar-refractivity contribution < 1.29 is 26.0 Å². The molecule has 29 heavy (non-hydrogen) atoms. The number of nitrogens with one attached hydrogen (secondary N) is 1. The van der Waals surface area contributed by atoms with Gasteiger partial charge in [-0.05, 0) is 43.3 Å². The van der Waals surface area contributed by atoms with Crippen LogP contribution in [0, 0.1) is 5.82 Å². The summed E-state index contributed by atoms with van der Waals surface area (Å²) in [5, 5.41) is 2.57. The summed E-state index contributed by atoms with van der Waals surface area (Å²) in [4.78, 5) is 12.7. The molecule has 0 saturated heterocycles. The number of carbonyl (C=O) groups is 1. The highest BCUT2D eigenvalue weighted by Crippen LogP contribution is 2.24. The predicted octanol–water partition coefficient (Wildman–Crippen LogP) is 2.01. The number of rotatable bonds is 7. The van der Waals surface area contributed by atoms with Crippen LogP contribution in [0.4, 0.5) is 21.5 Å². The zero-order valence-corrected chi connectivity index (χ0v) is 18.0. The molecular weight excluding hydrogens is 421 g/mol. The van der Waals surface area contributed by atoms with E-state index in [1.165, 1.54) is 44.3 Å². The summed E-state index contributed by atoms with van der Waals surface area (Å²) in [6, 6.07) is 9.81. The van der Waals surface area contributed by atoms with E-state index < -0.39 is 37.8 Å². The molecule has 0 saturated carbocycles. The fraction of sp³-hybridized carbons (Fsp3) is 0.278. The fourth-order valence-electron chi connectivity index (χ4n) is 2.64. The maximum absolute atomic E-state index is 13.6. The number of carbonyl (C=O) groups excluding carboxylic acids is 1. The first-order valence-corrected chi connectivity index (χ1v) is 12.1. The summed E-state index contributed by atoms with van der Waals surface area (Å²) in [5.74, 6) is -1.31. The van der Waals surface area contributed by atoms with Gasteiger partial charge in [0.15, 0.2) is 0 Å². The Bertz CT molecular complexity index is 1120. The maximum Gasteiger partial charge on any atom is 0.247 e. The van der Waals surface area contributed by atoms with Crippen LogP contribution in [0.15, 0.2) is 48.5 Å². The topological polar surface area (TPSA) is 104 Å². The summed E-state index contributed by atoms with van der Waals surface area (Å²) in [7, 11) is -6.02. The Morgan fingerprint density at radius 2 is 1.55 bits per heavy atom. The average molecular weight is 444 g/mol. The molecule has 0 aromatic heterocycles. The van der Waals surface area contributed by atoms with Gasteiger partial charge in [-0.3, -0.25) is 13.4 Å². The van der Waals surface area contributed by atoms with Gasteiger partial charge in [-0.2, -0.15) is 0 Å². The highest BCUT2D eigenvalue weighted by molar-refractivity contribution is 7.92. The highest BCUT2D eigenvalue weighted by atomic mass is 32.2. The molecule has 2 aromatic rings. The van der Waals surface area contributed by atoms with E-state index >= 15 is 0 Å². The van der Waals surface area contributed by atoms with E-state index in [4.69, 9.17) is 0 Å². The molecule has 0 fully saturated rings. The zero-order valence-electron chi connectivity index (χ0n) is 16.3. The largest absolute Gasteiger partial charge is 0.324 e. The van der Waals surface area contributed by atoms with Crippen LogP contribution in [0.5, 0.6) is 0 Å². The SMILES string of the molecule is CC(C(=O)Nc1cccc(N(C)S(C)(=O)=O)c1)N(c1cccc(F)c1)S(C)(=O)=O. The van der Waals surface area contributed by atoms with Crippen LogP contribution in [0.25, 0.3) is 0 Å². The first-order chi connectivity index (χ1) is 13.3. The lowest BCUT2D eigenvalue weighted by Gasteiger charge is -2.28. The van der Waals surface area contributed by atoms with Gasteiger partial charge in [0.25, 0.3) is 0 Å². The van der Waals surface area contributed by atoms with Crippen molar-refractivity contribution in [3.63, 3.8) is 0 Å². The lowest BCUT2D eigenvalue weighted by atomic mass is 10.2. The molecule has 0 aliphatic rings. The second kappa shape index (κ2) is 8.37. The second-order valence-corrected chi connectivity index (χ2v) is 10.4.